The standard InChI is InChI=1S/C24H24FN5O3/c1-32-16-9-15(10-17(11-16)33-2)29-23-19(22(26)31)12-20(25)24(30-23)27-8-7-14-13-28-21-6-4-3-5-18(14)21/h3-6,9-13,28H,7-8H2,1-2H3,(H2,26,31)(H2,27,29,30). The van der Waals surface area contributed by atoms with E-state index in [1.54, 1.807) is 18.2 Å². The van der Waals surface area contributed by atoms with Crippen LogP contribution in [0.15, 0.2) is 54.7 Å². The molecule has 2 aromatic heterocycles. The second kappa shape index (κ2) is 9.47. The molecule has 0 unspecified atom stereocenters. The molecule has 8 nitrogen and oxygen atoms in total. The number of aromatic amines is 1. The summed E-state index contributed by atoms with van der Waals surface area (Å²) in [5.74, 6) is -0.264. The van der Waals surface area contributed by atoms with E-state index < -0.39 is 11.7 Å². The summed E-state index contributed by atoms with van der Waals surface area (Å²) in [4.78, 5) is 19.4. The smallest absolute Gasteiger partial charge is 0.252 e. The van der Waals surface area contributed by atoms with Crippen molar-refractivity contribution in [2.24, 2.45) is 5.73 Å². The molecule has 0 saturated heterocycles. The van der Waals surface area contributed by atoms with Crippen molar-refractivity contribution in [3.63, 3.8) is 0 Å². The lowest BCUT2D eigenvalue weighted by atomic mass is 10.1. The molecule has 0 aliphatic heterocycles. The highest BCUT2D eigenvalue weighted by molar-refractivity contribution is 5.98. The Balaban J connectivity index is 1.57. The number of amides is 1. The van der Waals surface area contributed by atoms with E-state index in [1.807, 2.05) is 30.5 Å². The first-order chi connectivity index (χ1) is 16.0. The number of ether oxygens (including phenoxy) is 2. The second-order valence-corrected chi connectivity index (χ2v) is 7.34. The molecule has 0 bridgehead atoms. The van der Waals surface area contributed by atoms with Crippen molar-refractivity contribution in [3.05, 3.63) is 71.7 Å². The Morgan fingerprint density at radius 1 is 1.09 bits per heavy atom. The highest BCUT2D eigenvalue weighted by Gasteiger charge is 2.17. The normalized spacial score (nSPS) is 10.8. The van der Waals surface area contributed by atoms with Gasteiger partial charge in [0.2, 0.25) is 0 Å². The quantitative estimate of drug-likeness (QED) is 0.304. The number of carbonyl (C=O) groups excluding carboxylic acids is 1. The van der Waals surface area contributed by atoms with Gasteiger partial charge in [-0.25, -0.2) is 9.37 Å². The highest BCUT2D eigenvalue weighted by Crippen LogP contribution is 2.30. The zero-order valence-electron chi connectivity index (χ0n) is 18.2. The van der Waals surface area contributed by atoms with Crippen molar-refractivity contribution >= 4 is 34.1 Å². The van der Waals surface area contributed by atoms with E-state index in [4.69, 9.17) is 15.2 Å². The number of hydrogen-bond acceptors (Lipinski definition) is 6. The number of benzene rings is 2. The average molecular weight is 449 g/mol. The molecule has 170 valence electrons. The average Bonchev–Trinajstić information content (AvgIpc) is 3.23. The Hall–Kier alpha value is -4.27. The van der Waals surface area contributed by atoms with Gasteiger partial charge >= 0.3 is 0 Å². The van der Waals surface area contributed by atoms with Gasteiger partial charge in [-0.15, -0.1) is 0 Å². The van der Waals surface area contributed by atoms with E-state index >= 15 is 0 Å². The molecule has 2 aromatic carbocycles. The van der Waals surface area contributed by atoms with Crippen LogP contribution in [0.3, 0.4) is 0 Å². The van der Waals surface area contributed by atoms with Gasteiger partial charge in [-0.3, -0.25) is 4.79 Å². The van der Waals surface area contributed by atoms with Crippen molar-refractivity contribution in [1.82, 2.24) is 9.97 Å². The van der Waals surface area contributed by atoms with Crippen molar-refractivity contribution < 1.29 is 18.7 Å². The van der Waals surface area contributed by atoms with Crippen molar-refractivity contribution in [3.8, 4) is 11.5 Å². The number of carbonyl (C=O) groups is 1. The minimum atomic E-state index is -0.802. The largest absolute Gasteiger partial charge is 0.497 e. The minimum absolute atomic E-state index is 0.0113. The molecule has 9 heteroatoms. The molecule has 5 N–H and O–H groups in total. The number of H-pyrrole nitrogens is 1. The lowest BCUT2D eigenvalue weighted by molar-refractivity contribution is 0.100. The number of nitrogens with one attached hydrogen (secondary N) is 3. The maximum atomic E-state index is 14.7. The van der Waals surface area contributed by atoms with E-state index in [0.29, 0.717) is 30.2 Å². The summed E-state index contributed by atoms with van der Waals surface area (Å²) in [6.45, 7) is 0.439. The molecule has 0 radical (unpaired) electrons. The number of rotatable bonds is 9. The van der Waals surface area contributed by atoms with Crippen LogP contribution in [0.1, 0.15) is 15.9 Å². The summed E-state index contributed by atoms with van der Waals surface area (Å²) in [5.41, 5.74) is 8.07. The molecule has 4 rings (SSSR count). The number of nitrogens with zero attached hydrogens (tertiary/aromatic N) is 1. The lowest BCUT2D eigenvalue weighted by Gasteiger charge is -2.14. The van der Waals surface area contributed by atoms with Crippen LogP contribution in [0.4, 0.5) is 21.7 Å². The summed E-state index contributed by atoms with van der Waals surface area (Å²) in [6.07, 6.45) is 2.59. The van der Waals surface area contributed by atoms with Gasteiger partial charge in [-0.1, -0.05) is 18.2 Å². The molecular formula is C24H24FN5O3. The minimum Gasteiger partial charge on any atom is -0.497 e. The topological polar surface area (TPSA) is 114 Å². The number of hydrogen-bond donors (Lipinski definition) is 4. The lowest BCUT2D eigenvalue weighted by Crippen LogP contribution is -2.17. The maximum absolute atomic E-state index is 14.7. The van der Waals surface area contributed by atoms with Gasteiger partial charge in [0.15, 0.2) is 11.6 Å². The first-order valence-electron chi connectivity index (χ1n) is 10.3. The summed E-state index contributed by atoms with van der Waals surface area (Å²) in [5, 5.41) is 7.14. The van der Waals surface area contributed by atoms with Crippen molar-refractivity contribution in [2.45, 2.75) is 6.42 Å². The monoisotopic (exact) mass is 449 g/mol. The molecular weight excluding hydrogens is 425 g/mol. The SMILES string of the molecule is COc1cc(Nc2nc(NCCc3c[nH]c4ccccc34)c(F)cc2C(N)=O)cc(OC)c1. The fraction of sp³-hybridized carbons (Fsp3) is 0.167. The van der Waals surface area contributed by atoms with Crippen molar-refractivity contribution in [1.29, 1.82) is 0 Å². The molecule has 0 aliphatic carbocycles. The third-order valence-electron chi connectivity index (χ3n) is 5.22. The molecule has 0 atom stereocenters. The van der Waals surface area contributed by atoms with Crippen LogP contribution >= 0.6 is 0 Å². The first kappa shape index (κ1) is 21.9. The molecule has 4 aromatic rings. The van der Waals surface area contributed by atoms with Crippen LogP contribution in [0.25, 0.3) is 10.9 Å². The zero-order valence-corrected chi connectivity index (χ0v) is 18.2. The molecule has 0 saturated carbocycles. The Bertz CT molecular complexity index is 1280. The number of nitrogens with two attached hydrogens (primary N) is 1. The maximum Gasteiger partial charge on any atom is 0.252 e. The van der Waals surface area contributed by atoms with Gasteiger partial charge in [0.25, 0.3) is 5.91 Å². The molecule has 0 aliphatic rings. The number of pyridine rings is 1. The van der Waals surface area contributed by atoms with Crippen LogP contribution in [0.5, 0.6) is 11.5 Å². The summed E-state index contributed by atoms with van der Waals surface area (Å²) in [7, 11) is 3.05. The van der Waals surface area contributed by atoms with E-state index in [9.17, 15) is 9.18 Å². The van der Waals surface area contributed by atoms with E-state index in [2.05, 4.69) is 20.6 Å². The van der Waals surface area contributed by atoms with Crippen LogP contribution in [0, 0.1) is 5.82 Å². The van der Waals surface area contributed by atoms with Crippen LogP contribution < -0.4 is 25.8 Å². The Morgan fingerprint density at radius 2 is 1.82 bits per heavy atom. The fourth-order valence-electron chi connectivity index (χ4n) is 3.57. The summed E-state index contributed by atoms with van der Waals surface area (Å²) < 4.78 is 25.2. The van der Waals surface area contributed by atoms with Gasteiger partial charge in [-0.2, -0.15) is 0 Å². The van der Waals surface area contributed by atoms with Gasteiger partial charge in [-0.05, 0) is 24.1 Å². The van der Waals surface area contributed by atoms with Crippen LogP contribution in [-0.4, -0.2) is 36.6 Å². The van der Waals surface area contributed by atoms with Gasteiger partial charge < -0.3 is 30.8 Å². The van der Waals surface area contributed by atoms with Gasteiger partial charge in [0.1, 0.15) is 17.3 Å². The molecule has 0 fully saturated rings. The third kappa shape index (κ3) is 4.82. The number of aromatic nitrogens is 2. The van der Waals surface area contributed by atoms with Crippen LogP contribution in [0.2, 0.25) is 0 Å². The number of halogens is 1. The summed E-state index contributed by atoms with van der Waals surface area (Å²) in [6, 6.07) is 14.1. The Labute approximate surface area is 189 Å². The number of methoxy groups -OCH3 is 2. The van der Waals surface area contributed by atoms with E-state index in [1.165, 1.54) is 14.2 Å². The number of fused-ring (bicyclic) bond motifs is 1. The Morgan fingerprint density at radius 3 is 2.52 bits per heavy atom. The van der Waals surface area contributed by atoms with Crippen LogP contribution in [-0.2, 0) is 6.42 Å². The molecule has 2 heterocycles. The number of anilines is 3. The highest BCUT2D eigenvalue weighted by atomic mass is 19.1. The molecule has 0 spiro atoms. The number of primary amides is 1. The molecule has 1 amide bonds. The third-order valence-corrected chi connectivity index (χ3v) is 5.22. The van der Waals surface area contributed by atoms with Gasteiger partial charge in [0, 0.05) is 47.5 Å². The predicted octanol–water partition coefficient (Wildman–Crippen LogP) is 4.22. The predicted molar refractivity (Wildman–Crippen MR) is 126 cm³/mol. The Kier molecular flexibility index (Phi) is 6.30. The first-order valence-corrected chi connectivity index (χ1v) is 10.3. The van der Waals surface area contributed by atoms with E-state index in [-0.39, 0.29) is 17.2 Å². The molecule has 33 heavy (non-hydrogen) atoms. The van der Waals surface area contributed by atoms with Gasteiger partial charge in [0.05, 0.1) is 19.8 Å². The van der Waals surface area contributed by atoms with Crippen molar-refractivity contribution in [2.75, 3.05) is 31.4 Å². The number of para-hydroxylation sites is 1. The second-order valence-electron chi connectivity index (χ2n) is 7.34. The fourth-order valence-corrected chi connectivity index (χ4v) is 3.57. The summed E-state index contributed by atoms with van der Waals surface area (Å²) >= 11 is 0. The van der Waals surface area contributed by atoms with E-state index in [0.717, 1.165) is 22.5 Å². The zero-order chi connectivity index (χ0) is 23.4.